The Hall–Kier alpha value is -0.290. The molecule has 107 heavy (non-hydrogen) atoms. The number of rotatable bonds is 6. The third-order valence-electron chi connectivity index (χ3n) is 26.0. The number of phosphoric acid groups is 1. The van der Waals surface area contributed by atoms with Crippen LogP contribution >= 0.6 is 7.82 Å². The maximum Gasteiger partial charge on any atom is 0.472 e. The topological polar surface area (TPSA) is 214 Å². The molecule has 1 saturated heterocycles. The molecule has 0 spiro atoms. The molecule has 7 N–H and O–H groups in total. The third-order valence-corrected chi connectivity index (χ3v) is 27.0. The van der Waals surface area contributed by atoms with E-state index in [2.05, 4.69) is 111 Å². The number of phosphoric ester groups is 1. The zero-order valence-corrected chi connectivity index (χ0v) is 74.0. The molecule has 0 aromatic carbocycles. The van der Waals surface area contributed by atoms with Crippen molar-refractivity contribution in [2.24, 2.45) is 94.7 Å². The standard InChI is InChI=1S/C92H183O14P/c1-69-29-17-33-73(5)41-25-49-81(13)57-61-101-66-85(65-93)103-63-59-83(15)51-27-43-75(7)35-19-31-71(3)39-23-47-79(11)55-53-78(10)46-22-38-70(2)30-18-34-74(6)42-26-50-82(14)58-62-102-67-86(68-105-107(99,100)106-92-90(97)88(95)87(94)89(96)91(92)98)104-64-60-84(16)52-28-44-76(8)36-20-32-72(4)40-24-48-80(12)56-54-77(9)45-21-37-69/h69-98H,17-68H2,1-16H3,(H,99,100)/t69?,70?,71?,72?,73?,74?,75?,76?,77?,78?,79?,80?,81?,82?,83?,84?,85?,86?,87?,88-,89+,90-,91-,92?/m0/s1. The van der Waals surface area contributed by atoms with Gasteiger partial charge in [-0.05, 0) is 120 Å². The van der Waals surface area contributed by atoms with E-state index in [0.717, 1.165) is 111 Å². The van der Waals surface area contributed by atoms with E-state index in [1.54, 1.807) is 0 Å². The van der Waals surface area contributed by atoms with Gasteiger partial charge < -0.3 is 54.5 Å². The van der Waals surface area contributed by atoms with E-state index in [4.69, 9.17) is 28.0 Å². The lowest BCUT2D eigenvalue weighted by atomic mass is 9.85. The second-order valence-electron chi connectivity index (χ2n) is 38.3. The first-order valence-electron chi connectivity index (χ1n) is 46.0. The van der Waals surface area contributed by atoms with Crippen LogP contribution in [0.4, 0.5) is 0 Å². The highest BCUT2D eigenvalue weighted by Crippen LogP contribution is 2.47. The predicted octanol–water partition coefficient (Wildman–Crippen LogP) is 23.5. The normalized spacial score (nSPS) is 38.3. The first-order chi connectivity index (χ1) is 51.0. The smallest absolute Gasteiger partial charge is 0.394 e. The van der Waals surface area contributed by atoms with Gasteiger partial charge in [0, 0.05) is 26.4 Å². The van der Waals surface area contributed by atoms with E-state index in [0.29, 0.717) is 61.9 Å². The molecule has 0 aromatic heterocycles. The van der Waals surface area contributed by atoms with Gasteiger partial charge >= 0.3 is 7.82 Å². The van der Waals surface area contributed by atoms with E-state index < -0.39 is 50.6 Å². The number of aliphatic hydroxyl groups excluding tert-OH is 6. The summed E-state index contributed by atoms with van der Waals surface area (Å²) in [7, 11) is -4.96. The molecule has 0 aromatic rings. The average Bonchev–Trinajstić information content (AvgIpc) is 0.791. The second kappa shape index (κ2) is 62.9. The molecule has 25 atom stereocenters. The fourth-order valence-corrected chi connectivity index (χ4v) is 18.0. The molecule has 1 aliphatic carbocycles. The Labute approximate surface area is 662 Å². The van der Waals surface area contributed by atoms with Crippen molar-refractivity contribution >= 4 is 7.82 Å². The lowest BCUT2D eigenvalue weighted by molar-refractivity contribution is -0.220. The predicted molar refractivity (Wildman–Crippen MR) is 449 cm³/mol. The van der Waals surface area contributed by atoms with Crippen molar-refractivity contribution in [1.82, 2.24) is 0 Å². The van der Waals surface area contributed by atoms with Crippen LogP contribution in [0.25, 0.3) is 0 Å². The van der Waals surface area contributed by atoms with Crippen LogP contribution in [0, 0.1) is 94.7 Å². The summed E-state index contributed by atoms with van der Waals surface area (Å²) in [5, 5.41) is 61.4. The van der Waals surface area contributed by atoms with Gasteiger partial charge in [0.05, 0.1) is 26.4 Å². The van der Waals surface area contributed by atoms with Crippen LogP contribution in [-0.2, 0) is 32.6 Å². The van der Waals surface area contributed by atoms with Crippen molar-refractivity contribution in [2.75, 3.05) is 52.9 Å². The molecule has 0 amide bonds. The van der Waals surface area contributed by atoms with E-state index in [-0.39, 0.29) is 25.9 Å². The summed E-state index contributed by atoms with van der Waals surface area (Å²) in [6.07, 6.45) is 44.0. The van der Waals surface area contributed by atoms with E-state index >= 15 is 0 Å². The van der Waals surface area contributed by atoms with Crippen molar-refractivity contribution in [3.05, 3.63) is 0 Å². The molecule has 14 nitrogen and oxygen atoms in total. The SMILES string of the molecule is CC1CCCC(C)CCCC(C)CCC(C)CCCC(C)CCCC(C)CCCC(C)CCOC(COP(=O)(O)OC2[C@@H](O)[C@H](O)C(O)[C@H](O)[C@@H]2O)COCCC(C)CCCC(C)CCCC(C)CCCC(C)CCC(C)CCCC(C)CCCC(C)CCCC(C)CCOC(CO)COCCC(C)CCC1. The molecule has 0 radical (unpaired) electrons. The lowest BCUT2D eigenvalue weighted by Crippen LogP contribution is -2.64. The largest absolute Gasteiger partial charge is 0.472 e. The number of aliphatic hydroxyl groups is 6. The summed E-state index contributed by atoms with van der Waals surface area (Å²) < 4.78 is 48.4. The monoisotopic (exact) mass is 1540 g/mol. The molecular formula is C92H183O14P. The maximum absolute atomic E-state index is 13.2. The van der Waals surface area contributed by atoms with Crippen molar-refractivity contribution < 1.29 is 68.1 Å². The third kappa shape index (κ3) is 54.3. The molecule has 1 aliphatic heterocycles. The van der Waals surface area contributed by atoms with E-state index in [1.807, 2.05) is 0 Å². The lowest BCUT2D eigenvalue weighted by Gasteiger charge is -2.41. The minimum atomic E-state index is -4.96. The summed E-state index contributed by atoms with van der Waals surface area (Å²) >= 11 is 0. The van der Waals surface area contributed by atoms with Crippen LogP contribution < -0.4 is 0 Å². The molecule has 2 fully saturated rings. The van der Waals surface area contributed by atoms with Gasteiger partial charge in [0.15, 0.2) is 0 Å². The van der Waals surface area contributed by atoms with Crippen LogP contribution in [0.5, 0.6) is 0 Å². The number of hydrogen-bond donors (Lipinski definition) is 7. The molecule has 1 heterocycles. The molecule has 21 unspecified atom stereocenters. The minimum Gasteiger partial charge on any atom is -0.394 e. The Balaban J connectivity index is 1.88. The zero-order chi connectivity index (χ0) is 79.4. The van der Waals surface area contributed by atoms with Gasteiger partial charge in [-0.1, -0.05) is 368 Å². The zero-order valence-electron chi connectivity index (χ0n) is 73.1. The van der Waals surface area contributed by atoms with Gasteiger partial charge in [-0.15, -0.1) is 0 Å². The minimum absolute atomic E-state index is 0.0265. The number of hydrogen-bond acceptors (Lipinski definition) is 13. The van der Waals surface area contributed by atoms with Crippen LogP contribution in [0.2, 0.25) is 0 Å². The van der Waals surface area contributed by atoms with Crippen molar-refractivity contribution in [1.29, 1.82) is 0 Å². The highest BCUT2D eigenvalue weighted by Gasteiger charge is 2.51. The van der Waals surface area contributed by atoms with Gasteiger partial charge in [0.25, 0.3) is 0 Å². The van der Waals surface area contributed by atoms with Crippen LogP contribution in [-0.4, -0.2) is 137 Å². The molecule has 2 rings (SSSR count). The molecule has 640 valence electrons. The van der Waals surface area contributed by atoms with E-state index in [1.165, 1.54) is 238 Å². The summed E-state index contributed by atoms with van der Waals surface area (Å²) in [6.45, 7) is 41.5. The quantitative estimate of drug-likeness (QED) is 0.123. The Morgan fingerprint density at radius 2 is 0.458 bits per heavy atom. The van der Waals surface area contributed by atoms with Crippen LogP contribution in [0.15, 0.2) is 0 Å². The molecule has 0 bridgehead atoms. The fraction of sp³-hybridized carbons (Fsp3) is 1.00. The highest BCUT2D eigenvalue weighted by molar-refractivity contribution is 7.47. The van der Waals surface area contributed by atoms with Gasteiger partial charge in [0.1, 0.15) is 48.8 Å². The molecular weight excluding hydrogens is 1360 g/mol. The van der Waals surface area contributed by atoms with Crippen molar-refractivity contribution in [3.63, 3.8) is 0 Å². The highest BCUT2D eigenvalue weighted by atomic mass is 31.2. The summed E-state index contributed by atoms with van der Waals surface area (Å²) in [5.74, 6) is 11.7. The van der Waals surface area contributed by atoms with Crippen LogP contribution in [0.3, 0.4) is 0 Å². The van der Waals surface area contributed by atoms with Crippen LogP contribution in [0.1, 0.15) is 393 Å². The van der Waals surface area contributed by atoms with Gasteiger partial charge in [-0.25, -0.2) is 4.57 Å². The Bertz CT molecular complexity index is 2040. The molecule has 15 heteroatoms. The fourth-order valence-electron chi connectivity index (χ4n) is 17.1. The van der Waals surface area contributed by atoms with Crippen molar-refractivity contribution in [2.45, 2.75) is 442 Å². The Morgan fingerprint density at radius 3 is 0.692 bits per heavy atom. The summed E-state index contributed by atoms with van der Waals surface area (Å²) in [6, 6.07) is 0. The summed E-state index contributed by atoms with van der Waals surface area (Å²) in [5.41, 5.74) is 0. The van der Waals surface area contributed by atoms with Crippen molar-refractivity contribution in [3.8, 4) is 0 Å². The first-order valence-corrected chi connectivity index (χ1v) is 47.5. The van der Waals surface area contributed by atoms with Gasteiger partial charge in [-0.2, -0.15) is 0 Å². The first kappa shape index (κ1) is 103. The number of ether oxygens (including phenoxy) is 4. The van der Waals surface area contributed by atoms with E-state index in [9.17, 15) is 40.1 Å². The maximum atomic E-state index is 13.2. The molecule has 2 aliphatic rings. The summed E-state index contributed by atoms with van der Waals surface area (Å²) in [4.78, 5) is 10.7. The average molecular weight is 1540 g/mol. The Kier molecular flexibility index (Phi) is 60.5. The Morgan fingerprint density at radius 1 is 0.271 bits per heavy atom. The second-order valence-corrected chi connectivity index (χ2v) is 39.7. The molecule has 1 saturated carbocycles. The van der Waals surface area contributed by atoms with Gasteiger partial charge in [-0.3, -0.25) is 9.05 Å². The van der Waals surface area contributed by atoms with Gasteiger partial charge in [0.2, 0.25) is 0 Å².